The smallest absolute Gasteiger partial charge is 0.336 e. The molecule has 0 saturated heterocycles. The van der Waals surface area contributed by atoms with Crippen LogP contribution in [0.1, 0.15) is 28.4 Å². The zero-order chi connectivity index (χ0) is 17.9. The first-order chi connectivity index (χ1) is 11.3. The molecule has 0 aliphatic heterocycles. The number of anilines is 1. The first kappa shape index (κ1) is 17.5. The largest absolute Gasteiger partial charge is 0.478 e. The third-order valence-corrected chi connectivity index (χ3v) is 3.34. The highest BCUT2D eigenvalue weighted by Gasteiger charge is 2.18. The summed E-state index contributed by atoms with van der Waals surface area (Å²) in [5, 5.41) is 11.4. The van der Waals surface area contributed by atoms with Gasteiger partial charge in [0.25, 0.3) is 0 Å². The number of carbonyl (C=O) groups excluding carboxylic acids is 1. The van der Waals surface area contributed by atoms with E-state index in [0.29, 0.717) is 17.7 Å². The number of nitrogens with zero attached hydrogens (tertiary/aromatic N) is 1. The topological polar surface area (TPSA) is 79.3 Å². The average molecular weight is 338 g/mol. The van der Waals surface area contributed by atoms with Crippen LogP contribution in [-0.2, 0) is 17.6 Å². The maximum Gasteiger partial charge on any atom is 0.336 e. The molecule has 0 unspecified atom stereocenters. The Morgan fingerprint density at radius 1 is 1.17 bits per heavy atom. The predicted octanol–water partition coefficient (Wildman–Crippen LogP) is 2.94. The van der Waals surface area contributed by atoms with Gasteiger partial charge in [-0.1, -0.05) is 6.92 Å². The number of hydrogen-bond acceptors (Lipinski definition) is 3. The van der Waals surface area contributed by atoms with E-state index >= 15 is 0 Å². The van der Waals surface area contributed by atoms with E-state index in [-0.39, 0.29) is 17.8 Å². The number of halogens is 3. The maximum absolute atomic E-state index is 13.6. The number of hydrogen-bond donors (Lipinski definition) is 2. The molecule has 0 radical (unpaired) electrons. The van der Waals surface area contributed by atoms with Crippen molar-refractivity contribution in [1.82, 2.24) is 4.98 Å². The van der Waals surface area contributed by atoms with Gasteiger partial charge in [-0.05, 0) is 12.5 Å². The molecule has 0 bridgehead atoms. The Hall–Kier alpha value is -2.90. The van der Waals surface area contributed by atoms with E-state index < -0.39 is 41.3 Å². The number of rotatable bonds is 5. The lowest BCUT2D eigenvalue weighted by molar-refractivity contribution is -0.115. The van der Waals surface area contributed by atoms with Gasteiger partial charge in [-0.3, -0.25) is 4.79 Å². The molecule has 5 nitrogen and oxygen atoms in total. The third kappa shape index (κ3) is 3.70. The molecule has 1 heterocycles. The van der Waals surface area contributed by atoms with Crippen LogP contribution in [0.3, 0.4) is 0 Å². The molecule has 2 N–H and O–H groups in total. The predicted molar refractivity (Wildman–Crippen MR) is 79.2 cm³/mol. The highest BCUT2D eigenvalue weighted by molar-refractivity contribution is 5.95. The molecule has 126 valence electrons. The van der Waals surface area contributed by atoms with Gasteiger partial charge in [-0.25, -0.2) is 22.9 Å². The Morgan fingerprint density at radius 3 is 2.33 bits per heavy atom. The lowest BCUT2D eigenvalue weighted by Crippen LogP contribution is -2.19. The molecule has 0 atom stereocenters. The minimum absolute atomic E-state index is 0.00493. The van der Waals surface area contributed by atoms with E-state index in [1.165, 1.54) is 12.3 Å². The average Bonchev–Trinajstić information content (AvgIpc) is 2.50. The standard InChI is InChI=1S/C16H13F3N2O3/c1-2-9-10(16(23)24)3-4-20-15(9)21-14(22)7-11-12(18)5-8(17)6-13(11)19/h3-6H,2,7H2,1H3,(H,23,24)(H,20,21,22). The minimum Gasteiger partial charge on any atom is -0.478 e. The number of benzene rings is 1. The molecular weight excluding hydrogens is 325 g/mol. The summed E-state index contributed by atoms with van der Waals surface area (Å²) in [7, 11) is 0. The van der Waals surface area contributed by atoms with Crippen LogP contribution in [0.15, 0.2) is 24.4 Å². The van der Waals surface area contributed by atoms with Crippen molar-refractivity contribution in [1.29, 1.82) is 0 Å². The zero-order valence-electron chi connectivity index (χ0n) is 12.6. The summed E-state index contributed by atoms with van der Waals surface area (Å²) in [6.45, 7) is 1.68. The number of aromatic nitrogens is 1. The quantitative estimate of drug-likeness (QED) is 0.878. The SMILES string of the molecule is CCc1c(C(=O)O)ccnc1NC(=O)Cc1c(F)cc(F)cc1F. The Bertz CT molecular complexity index is 786. The lowest BCUT2D eigenvalue weighted by Gasteiger charge is -2.11. The van der Waals surface area contributed by atoms with E-state index in [2.05, 4.69) is 10.3 Å². The van der Waals surface area contributed by atoms with Crippen molar-refractivity contribution in [3.05, 3.63) is 58.5 Å². The van der Waals surface area contributed by atoms with Crippen LogP contribution < -0.4 is 5.32 Å². The number of carboxylic acids is 1. The Balaban J connectivity index is 2.25. The van der Waals surface area contributed by atoms with E-state index in [0.717, 1.165) is 0 Å². The normalized spacial score (nSPS) is 10.5. The van der Waals surface area contributed by atoms with Crippen LogP contribution in [-0.4, -0.2) is 22.0 Å². The van der Waals surface area contributed by atoms with E-state index in [1.807, 2.05) is 0 Å². The summed E-state index contributed by atoms with van der Waals surface area (Å²) in [5.74, 6) is -5.41. The van der Waals surface area contributed by atoms with Gasteiger partial charge in [0, 0.05) is 29.5 Å². The fourth-order valence-corrected chi connectivity index (χ4v) is 2.24. The van der Waals surface area contributed by atoms with Gasteiger partial charge in [0.05, 0.1) is 12.0 Å². The Morgan fingerprint density at radius 2 is 1.79 bits per heavy atom. The number of aromatic carboxylic acids is 1. The summed E-state index contributed by atoms with van der Waals surface area (Å²) >= 11 is 0. The molecule has 1 aromatic carbocycles. The van der Waals surface area contributed by atoms with Crippen molar-refractivity contribution >= 4 is 17.7 Å². The molecule has 1 aromatic heterocycles. The Labute approximate surface area is 135 Å². The molecule has 0 fully saturated rings. The first-order valence-electron chi connectivity index (χ1n) is 6.98. The second-order valence-electron chi connectivity index (χ2n) is 4.92. The van der Waals surface area contributed by atoms with Crippen LogP contribution in [0.2, 0.25) is 0 Å². The second kappa shape index (κ2) is 7.12. The van der Waals surface area contributed by atoms with Gasteiger partial charge in [0.15, 0.2) is 0 Å². The number of carbonyl (C=O) groups is 2. The number of nitrogens with one attached hydrogen (secondary N) is 1. The van der Waals surface area contributed by atoms with Crippen LogP contribution in [0, 0.1) is 17.5 Å². The van der Waals surface area contributed by atoms with Crippen LogP contribution >= 0.6 is 0 Å². The summed E-state index contributed by atoms with van der Waals surface area (Å²) in [6.07, 6.45) is 0.807. The monoisotopic (exact) mass is 338 g/mol. The van der Waals surface area contributed by atoms with Gasteiger partial charge in [0.2, 0.25) is 5.91 Å². The molecule has 2 rings (SSSR count). The molecule has 0 aliphatic rings. The molecular formula is C16H13F3N2O3. The molecule has 0 aliphatic carbocycles. The number of pyridine rings is 1. The summed E-state index contributed by atoms with van der Waals surface area (Å²) in [4.78, 5) is 27.0. The molecule has 0 spiro atoms. The third-order valence-electron chi connectivity index (χ3n) is 3.34. The second-order valence-corrected chi connectivity index (χ2v) is 4.92. The van der Waals surface area contributed by atoms with Gasteiger partial charge < -0.3 is 10.4 Å². The van der Waals surface area contributed by atoms with Gasteiger partial charge >= 0.3 is 5.97 Å². The molecule has 2 aromatic rings. The van der Waals surface area contributed by atoms with E-state index in [4.69, 9.17) is 5.11 Å². The van der Waals surface area contributed by atoms with Crippen molar-refractivity contribution < 1.29 is 27.9 Å². The van der Waals surface area contributed by atoms with Gasteiger partial charge in [-0.2, -0.15) is 0 Å². The highest BCUT2D eigenvalue weighted by Crippen LogP contribution is 2.20. The highest BCUT2D eigenvalue weighted by atomic mass is 19.1. The van der Waals surface area contributed by atoms with Crippen LogP contribution in [0.4, 0.5) is 19.0 Å². The molecule has 8 heteroatoms. The van der Waals surface area contributed by atoms with Crippen molar-refractivity contribution in [2.45, 2.75) is 19.8 Å². The fraction of sp³-hybridized carbons (Fsp3) is 0.188. The zero-order valence-corrected chi connectivity index (χ0v) is 12.6. The molecule has 24 heavy (non-hydrogen) atoms. The van der Waals surface area contributed by atoms with Crippen molar-refractivity contribution in [2.75, 3.05) is 5.32 Å². The summed E-state index contributed by atoms with van der Waals surface area (Å²) < 4.78 is 40.0. The lowest BCUT2D eigenvalue weighted by atomic mass is 10.1. The van der Waals surface area contributed by atoms with E-state index in [9.17, 15) is 22.8 Å². The van der Waals surface area contributed by atoms with Crippen LogP contribution in [0.5, 0.6) is 0 Å². The minimum atomic E-state index is -1.18. The molecule has 0 saturated carbocycles. The fourth-order valence-electron chi connectivity index (χ4n) is 2.24. The Kier molecular flexibility index (Phi) is 5.18. The van der Waals surface area contributed by atoms with Gasteiger partial charge in [-0.15, -0.1) is 0 Å². The maximum atomic E-state index is 13.6. The van der Waals surface area contributed by atoms with Crippen LogP contribution in [0.25, 0.3) is 0 Å². The number of amides is 1. The van der Waals surface area contributed by atoms with Crippen molar-refractivity contribution in [3.63, 3.8) is 0 Å². The summed E-state index contributed by atoms with van der Waals surface area (Å²) in [6, 6.07) is 2.25. The first-order valence-corrected chi connectivity index (χ1v) is 6.98. The van der Waals surface area contributed by atoms with Crippen molar-refractivity contribution in [2.24, 2.45) is 0 Å². The molecule has 1 amide bonds. The summed E-state index contributed by atoms with van der Waals surface area (Å²) in [5.41, 5.74) is -0.318. The van der Waals surface area contributed by atoms with Crippen molar-refractivity contribution in [3.8, 4) is 0 Å². The van der Waals surface area contributed by atoms with Gasteiger partial charge in [0.1, 0.15) is 23.3 Å². The number of carboxylic acid groups (broad SMARTS) is 1. The van der Waals surface area contributed by atoms with E-state index in [1.54, 1.807) is 6.92 Å².